The normalized spacial score (nSPS) is 13.5. The highest BCUT2D eigenvalue weighted by Gasteiger charge is 2.17. The summed E-state index contributed by atoms with van der Waals surface area (Å²) in [6.07, 6.45) is 1.05. The third kappa shape index (κ3) is 4.71. The van der Waals surface area contributed by atoms with E-state index in [1.54, 1.807) is 23.7 Å². The van der Waals surface area contributed by atoms with Crippen LogP contribution in [0.15, 0.2) is 54.7 Å². The van der Waals surface area contributed by atoms with E-state index in [2.05, 4.69) is 25.5 Å². The van der Waals surface area contributed by atoms with Gasteiger partial charge in [-0.15, -0.1) is 0 Å². The highest BCUT2D eigenvalue weighted by atomic mass is 19.1. The van der Waals surface area contributed by atoms with Crippen LogP contribution in [0.1, 0.15) is 10.4 Å². The molecule has 0 aliphatic carbocycles. The van der Waals surface area contributed by atoms with Crippen LogP contribution in [0.5, 0.6) is 0 Å². The van der Waals surface area contributed by atoms with Gasteiger partial charge < -0.3 is 20.3 Å². The minimum absolute atomic E-state index is 0.112. The Morgan fingerprint density at radius 2 is 1.74 bits per heavy atom. The molecule has 1 aliphatic rings. The summed E-state index contributed by atoms with van der Waals surface area (Å²) in [5.74, 6) is -1.34. The number of carbonyl (C=O) groups is 1. The highest BCUT2D eigenvalue weighted by Crippen LogP contribution is 2.29. The van der Waals surface area contributed by atoms with Crippen LogP contribution in [0.3, 0.4) is 0 Å². The molecule has 0 spiro atoms. The number of morpholine rings is 1. The monoisotopic (exact) mass is 424 g/mol. The Hall–Kier alpha value is -3.76. The molecule has 160 valence electrons. The van der Waals surface area contributed by atoms with Gasteiger partial charge in [0.2, 0.25) is 5.95 Å². The number of halogens is 1. The summed E-state index contributed by atoms with van der Waals surface area (Å²) in [6.45, 7) is 2.82. The summed E-state index contributed by atoms with van der Waals surface area (Å²) in [5, 5.41) is 14.9. The molecule has 2 heterocycles. The van der Waals surface area contributed by atoms with Crippen molar-refractivity contribution in [1.29, 1.82) is 0 Å². The Kier molecular flexibility index (Phi) is 6.20. The van der Waals surface area contributed by atoms with Crippen LogP contribution in [0.25, 0.3) is 0 Å². The molecular formula is C21H21FN6O3. The molecule has 10 heteroatoms. The van der Waals surface area contributed by atoms with Gasteiger partial charge >= 0.3 is 0 Å². The largest absolute Gasteiger partial charge is 0.378 e. The SMILES string of the molecule is O=C(NO)c1ccccc1Nc1nc(Nc2ccccc2N2CCOCC2)ncc1F. The summed E-state index contributed by atoms with van der Waals surface area (Å²) in [6, 6.07) is 14.1. The number of nitrogens with one attached hydrogen (secondary N) is 3. The van der Waals surface area contributed by atoms with Crippen LogP contribution in [0.2, 0.25) is 0 Å². The van der Waals surface area contributed by atoms with Crippen molar-refractivity contribution < 1.29 is 19.1 Å². The van der Waals surface area contributed by atoms with Crippen molar-refractivity contribution >= 4 is 34.7 Å². The molecule has 0 atom stereocenters. The second-order valence-electron chi connectivity index (χ2n) is 6.74. The maximum atomic E-state index is 14.4. The first-order valence-corrected chi connectivity index (χ1v) is 9.67. The number of anilines is 5. The lowest BCUT2D eigenvalue weighted by atomic mass is 10.1. The molecule has 0 unspecified atom stereocenters. The number of hydrogen-bond donors (Lipinski definition) is 4. The van der Waals surface area contributed by atoms with Crippen molar-refractivity contribution in [3.05, 3.63) is 66.1 Å². The summed E-state index contributed by atoms with van der Waals surface area (Å²) in [7, 11) is 0. The first-order valence-electron chi connectivity index (χ1n) is 9.67. The molecular weight excluding hydrogens is 403 g/mol. The smallest absolute Gasteiger partial charge is 0.276 e. The quantitative estimate of drug-likeness (QED) is 0.353. The molecule has 0 bridgehead atoms. The Morgan fingerprint density at radius 1 is 1.03 bits per heavy atom. The van der Waals surface area contributed by atoms with Crippen molar-refractivity contribution in [1.82, 2.24) is 15.4 Å². The number of ether oxygens (including phenoxy) is 1. The van der Waals surface area contributed by atoms with Gasteiger partial charge in [-0.3, -0.25) is 10.0 Å². The number of aromatic nitrogens is 2. The second-order valence-corrected chi connectivity index (χ2v) is 6.74. The molecule has 1 aliphatic heterocycles. The minimum atomic E-state index is -0.727. The van der Waals surface area contributed by atoms with Gasteiger partial charge in [0.05, 0.1) is 42.0 Å². The van der Waals surface area contributed by atoms with E-state index >= 15 is 0 Å². The zero-order valence-corrected chi connectivity index (χ0v) is 16.5. The van der Waals surface area contributed by atoms with Crippen LogP contribution in [-0.4, -0.2) is 47.4 Å². The van der Waals surface area contributed by atoms with Gasteiger partial charge in [0.25, 0.3) is 5.91 Å². The van der Waals surface area contributed by atoms with Gasteiger partial charge in [0.15, 0.2) is 11.6 Å². The zero-order valence-electron chi connectivity index (χ0n) is 16.5. The molecule has 9 nitrogen and oxygen atoms in total. The molecule has 1 saturated heterocycles. The lowest BCUT2D eigenvalue weighted by molar-refractivity contribution is 0.0707. The van der Waals surface area contributed by atoms with Gasteiger partial charge in [-0.25, -0.2) is 14.9 Å². The Morgan fingerprint density at radius 3 is 2.52 bits per heavy atom. The number of carbonyl (C=O) groups excluding carboxylic acids is 1. The standard InChI is InChI=1S/C21H21FN6O3/c22-15-13-23-21(25-17-7-3-4-8-18(17)28-9-11-31-12-10-28)26-19(15)24-16-6-2-1-5-14(16)20(29)27-30/h1-8,13,30H,9-12H2,(H,27,29)(H2,23,24,25,26). The topological polar surface area (TPSA) is 112 Å². The first-order chi connectivity index (χ1) is 15.2. The molecule has 3 aromatic rings. The number of nitrogens with zero attached hydrogens (tertiary/aromatic N) is 3. The molecule has 0 radical (unpaired) electrons. The third-order valence-corrected chi connectivity index (χ3v) is 4.77. The number of benzene rings is 2. The Balaban J connectivity index is 1.60. The molecule has 2 aromatic carbocycles. The van der Waals surface area contributed by atoms with Gasteiger partial charge in [-0.2, -0.15) is 4.98 Å². The highest BCUT2D eigenvalue weighted by molar-refractivity contribution is 5.99. The second kappa shape index (κ2) is 9.37. The van der Waals surface area contributed by atoms with Crippen molar-refractivity contribution in [3.8, 4) is 0 Å². The number of amides is 1. The molecule has 31 heavy (non-hydrogen) atoms. The number of para-hydroxylation sites is 3. The number of rotatable bonds is 6. The van der Waals surface area contributed by atoms with E-state index in [1.807, 2.05) is 24.3 Å². The van der Waals surface area contributed by atoms with Crippen molar-refractivity contribution in [3.63, 3.8) is 0 Å². The van der Waals surface area contributed by atoms with Crippen molar-refractivity contribution in [2.45, 2.75) is 0 Å². The minimum Gasteiger partial charge on any atom is -0.378 e. The summed E-state index contributed by atoms with van der Waals surface area (Å²) in [4.78, 5) is 22.3. The van der Waals surface area contributed by atoms with E-state index in [0.717, 1.165) is 30.7 Å². The van der Waals surface area contributed by atoms with E-state index in [4.69, 9.17) is 9.94 Å². The predicted molar refractivity (Wildman–Crippen MR) is 114 cm³/mol. The molecule has 0 saturated carbocycles. The summed E-state index contributed by atoms with van der Waals surface area (Å²) < 4.78 is 19.8. The zero-order chi connectivity index (χ0) is 21.6. The average Bonchev–Trinajstić information content (AvgIpc) is 2.82. The van der Waals surface area contributed by atoms with Gasteiger partial charge in [-0.05, 0) is 24.3 Å². The number of hydrogen-bond acceptors (Lipinski definition) is 8. The maximum absolute atomic E-state index is 14.4. The van der Waals surface area contributed by atoms with E-state index in [1.165, 1.54) is 6.07 Å². The lowest BCUT2D eigenvalue weighted by Gasteiger charge is -2.30. The summed E-state index contributed by atoms with van der Waals surface area (Å²) in [5.41, 5.74) is 3.74. The van der Waals surface area contributed by atoms with Crippen LogP contribution in [0, 0.1) is 5.82 Å². The van der Waals surface area contributed by atoms with Gasteiger partial charge in [0.1, 0.15) is 0 Å². The molecule has 4 N–H and O–H groups in total. The van der Waals surface area contributed by atoms with Crippen molar-refractivity contribution in [2.75, 3.05) is 41.8 Å². The summed E-state index contributed by atoms with van der Waals surface area (Å²) >= 11 is 0. The van der Waals surface area contributed by atoms with E-state index < -0.39 is 11.7 Å². The fourth-order valence-electron chi connectivity index (χ4n) is 3.27. The van der Waals surface area contributed by atoms with Gasteiger partial charge in [0, 0.05) is 13.1 Å². The third-order valence-electron chi connectivity index (χ3n) is 4.77. The van der Waals surface area contributed by atoms with E-state index in [9.17, 15) is 9.18 Å². The lowest BCUT2D eigenvalue weighted by Crippen LogP contribution is -2.36. The van der Waals surface area contributed by atoms with Crippen LogP contribution in [-0.2, 0) is 4.74 Å². The average molecular weight is 424 g/mol. The first kappa shape index (κ1) is 20.5. The van der Waals surface area contributed by atoms with Crippen LogP contribution in [0.4, 0.5) is 33.2 Å². The van der Waals surface area contributed by atoms with Gasteiger partial charge in [-0.1, -0.05) is 24.3 Å². The Labute approximate surface area is 177 Å². The van der Waals surface area contributed by atoms with Crippen LogP contribution >= 0.6 is 0 Å². The molecule has 1 aromatic heterocycles. The predicted octanol–water partition coefficient (Wildman–Crippen LogP) is 3.06. The molecule has 1 amide bonds. The fraction of sp³-hybridized carbons (Fsp3) is 0.190. The maximum Gasteiger partial charge on any atom is 0.276 e. The fourth-order valence-corrected chi connectivity index (χ4v) is 3.27. The van der Waals surface area contributed by atoms with E-state index in [-0.39, 0.29) is 23.0 Å². The molecule has 4 rings (SSSR count). The van der Waals surface area contributed by atoms with Crippen molar-refractivity contribution in [2.24, 2.45) is 0 Å². The number of hydroxylamine groups is 1. The molecule has 1 fully saturated rings. The van der Waals surface area contributed by atoms with Crippen LogP contribution < -0.4 is 21.0 Å². The Bertz CT molecular complexity index is 1070. The van der Waals surface area contributed by atoms with E-state index in [0.29, 0.717) is 13.2 Å².